The summed E-state index contributed by atoms with van der Waals surface area (Å²) in [5.74, 6) is 0.258. The topological polar surface area (TPSA) is 47.1 Å². The van der Waals surface area contributed by atoms with Crippen molar-refractivity contribution >= 4 is 39.6 Å². The Bertz CT molecular complexity index is 893. The molecule has 3 aromatic rings. The fourth-order valence-electron chi connectivity index (χ4n) is 3.72. The van der Waals surface area contributed by atoms with Gasteiger partial charge in [-0.3, -0.25) is 4.90 Å². The summed E-state index contributed by atoms with van der Waals surface area (Å²) in [4.78, 5) is 6.89. The van der Waals surface area contributed by atoms with Gasteiger partial charge in [-0.1, -0.05) is 30.3 Å². The van der Waals surface area contributed by atoms with E-state index in [0.29, 0.717) is 9.52 Å². The summed E-state index contributed by atoms with van der Waals surface area (Å²) >= 11 is 1.99. The van der Waals surface area contributed by atoms with Crippen LogP contribution in [-0.4, -0.2) is 27.5 Å². The summed E-state index contributed by atoms with van der Waals surface area (Å²) in [6.45, 7) is 2.90. The third kappa shape index (κ3) is 3.37. The van der Waals surface area contributed by atoms with Gasteiger partial charge in [0.1, 0.15) is 5.82 Å². The van der Waals surface area contributed by atoms with Crippen molar-refractivity contribution < 1.29 is 4.39 Å². The zero-order chi connectivity index (χ0) is 17.4. The standard InChI is InChI=1S/C19H20FIN4/c20-15-9-18-17(10-16(15)21)23-19(22)25(18)14-7-4-8-24(12-14)11-13-5-2-1-3-6-13/h1-3,5-6,9-10,14H,4,7-8,11-12H2,(H2,22,23). The highest BCUT2D eigenvalue weighted by Gasteiger charge is 2.25. The average Bonchev–Trinajstić information content (AvgIpc) is 2.91. The van der Waals surface area contributed by atoms with Gasteiger partial charge in [-0.05, 0) is 53.6 Å². The Morgan fingerprint density at radius 3 is 2.84 bits per heavy atom. The molecule has 0 spiro atoms. The summed E-state index contributed by atoms with van der Waals surface area (Å²) < 4.78 is 16.7. The molecule has 130 valence electrons. The van der Waals surface area contributed by atoms with Crippen LogP contribution in [-0.2, 0) is 6.54 Å². The number of hydrogen-bond donors (Lipinski definition) is 1. The van der Waals surface area contributed by atoms with Crippen LogP contribution < -0.4 is 5.73 Å². The average molecular weight is 450 g/mol. The second-order valence-corrected chi connectivity index (χ2v) is 7.77. The van der Waals surface area contributed by atoms with Gasteiger partial charge in [0.05, 0.1) is 14.6 Å². The van der Waals surface area contributed by atoms with E-state index in [1.54, 1.807) is 12.1 Å². The predicted molar refractivity (Wildman–Crippen MR) is 107 cm³/mol. The molecule has 0 saturated carbocycles. The number of nitrogens with zero attached hydrogens (tertiary/aromatic N) is 3. The SMILES string of the molecule is Nc1nc2cc(I)c(F)cc2n1C1CCCN(Cc2ccccc2)C1. The van der Waals surface area contributed by atoms with E-state index >= 15 is 0 Å². The first-order chi connectivity index (χ1) is 12.1. The van der Waals surface area contributed by atoms with Crippen LogP contribution >= 0.6 is 22.6 Å². The summed E-state index contributed by atoms with van der Waals surface area (Å²) in [5, 5.41) is 0. The van der Waals surface area contributed by atoms with E-state index in [-0.39, 0.29) is 11.9 Å². The number of imidazole rings is 1. The second-order valence-electron chi connectivity index (χ2n) is 6.61. The monoisotopic (exact) mass is 450 g/mol. The first-order valence-electron chi connectivity index (χ1n) is 8.50. The summed E-state index contributed by atoms with van der Waals surface area (Å²) in [6, 6.07) is 14.0. The fourth-order valence-corrected chi connectivity index (χ4v) is 4.17. The van der Waals surface area contributed by atoms with Crippen LogP contribution in [0.15, 0.2) is 42.5 Å². The first kappa shape index (κ1) is 16.8. The van der Waals surface area contributed by atoms with Gasteiger partial charge in [-0.25, -0.2) is 9.37 Å². The van der Waals surface area contributed by atoms with Crippen molar-refractivity contribution in [2.45, 2.75) is 25.4 Å². The van der Waals surface area contributed by atoms with Crippen LogP contribution in [0.1, 0.15) is 24.4 Å². The molecule has 25 heavy (non-hydrogen) atoms. The maximum atomic E-state index is 14.1. The first-order valence-corrected chi connectivity index (χ1v) is 9.58. The number of halogens is 2. The third-order valence-corrected chi connectivity index (χ3v) is 5.68. The zero-order valence-electron chi connectivity index (χ0n) is 13.8. The normalized spacial score (nSPS) is 18.7. The van der Waals surface area contributed by atoms with E-state index < -0.39 is 0 Å². The molecule has 1 fully saturated rings. The smallest absolute Gasteiger partial charge is 0.201 e. The van der Waals surface area contributed by atoms with E-state index in [1.165, 1.54) is 5.56 Å². The molecular formula is C19H20FIN4. The van der Waals surface area contributed by atoms with Crippen LogP contribution in [0.25, 0.3) is 11.0 Å². The lowest BCUT2D eigenvalue weighted by Gasteiger charge is -2.34. The fraction of sp³-hybridized carbons (Fsp3) is 0.316. The zero-order valence-corrected chi connectivity index (χ0v) is 16.0. The lowest BCUT2D eigenvalue weighted by atomic mass is 10.0. The summed E-state index contributed by atoms with van der Waals surface area (Å²) in [6.07, 6.45) is 2.14. The minimum absolute atomic E-state index is 0.216. The molecule has 6 heteroatoms. The number of likely N-dealkylation sites (tertiary alicyclic amines) is 1. The van der Waals surface area contributed by atoms with Gasteiger partial charge in [0.25, 0.3) is 0 Å². The molecule has 4 nitrogen and oxygen atoms in total. The van der Waals surface area contributed by atoms with Crippen LogP contribution in [0, 0.1) is 9.39 Å². The molecule has 2 heterocycles. The van der Waals surface area contributed by atoms with Crippen molar-refractivity contribution in [2.75, 3.05) is 18.8 Å². The van der Waals surface area contributed by atoms with Gasteiger partial charge in [0, 0.05) is 25.2 Å². The van der Waals surface area contributed by atoms with Crippen LogP contribution in [0.4, 0.5) is 10.3 Å². The van der Waals surface area contributed by atoms with E-state index in [9.17, 15) is 4.39 Å². The van der Waals surface area contributed by atoms with Gasteiger partial charge in [0.2, 0.25) is 5.95 Å². The molecule has 2 N–H and O–H groups in total. The largest absolute Gasteiger partial charge is 0.369 e. The van der Waals surface area contributed by atoms with E-state index in [0.717, 1.165) is 43.5 Å². The quantitative estimate of drug-likeness (QED) is 0.609. The molecule has 2 aromatic carbocycles. The number of rotatable bonds is 3. The van der Waals surface area contributed by atoms with Gasteiger partial charge in [-0.2, -0.15) is 0 Å². The number of fused-ring (bicyclic) bond motifs is 1. The van der Waals surface area contributed by atoms with Crippen molar-refractivity contribution in [3.8, 4) is 0 Å². The molecule has 1 aliphatic rings. The van der Waals surface area contributed by atoms with Gasteiger partial charge >= 0.3 is 0 Å². The van der Waals surface area contributed by atoms with Crippen molar-refractivity contribution in [1.82, 2.24) is 14.5 Å². The third-order valence-electron chi connectivity index (χ3n) is 4.85. The highest BCUT2D eigenvalue weighted by molar-refractivity contribution is 14.1. The second kappa shape index (κ2) is 6.92. The molecule has 0 amide bonds. The van der Waals surface area contributed by atoms with Crippen molar-refractivity contribution in [1.29, 1.82) is 0 Å². The highest BCUT2D eigenvalue weighted by Crippen LogP contribution is 2.31. The Hall–Kier alpha value is -1.67. The Kier molecular flexibility index (Phi) is 4.64. The molecular weight excluding hydrogens is 430 g/mol. The van der Waals surface area contributed by atoms with Crippen molar-refractivity contribution in [2.24, 2.45) is 0 Å². The maximum absolute atomic E-state index is 14.1. The molecule has 1 saturated heterocycles. The number of nitrogens with two attached hydrogens (primary N) is 1. The van der Waals surface area contributed by atoms with E-state index in [1.807, 2.05) is 33.2 Å². The minimum Gasteiger partial charge on any atom is -0.369 e. The van der Waals surface area contributed by atoms with E-state index in [4.69, 9.17) is 5.73 Å². The number of anilines is 1. The minimum atomic E-state index is -0.216. The number of hydrogen-bond acceptors (Lipinski definition) is 3. The molecule has 0 aliphatic carbocycles. The molecule has 1 atom stereocenters. The Morgan fingerprint density at radius 1 is 1.24 bits per heavy atom. The Balaban J connectivity index is 1.62. The summed E-state index contributed by atoms with van der Waals surface area (Å²) in [7, 11) is 0. The lowest BCUT2D eigenvalue weighted by molar-refractivity contribution is 0.173. The molecule has 4 rings (SSSR count). The Labute approximate surface area is 160 Å². The molecule has 1 unspecified atom stereocenters. The molecule has 0 bridgehead atoms. The highest BCUT2D eigenvalue weighted by atomic mass is 127. The van der Waals surface area contributed by atoms with Crippen LogP contribution in [0.3, 0.4) is 0 Å². The summed E-state index contributed by atoms with van der Waals surface area (Å²) in [5.41, 5.74) is 9.06. The predicted octanol–water partition coefficient (Wildman–Crippen LogP) is 4.20. The Morgan fingerprint density at radius 2 is 2.04 bits per heavy atom. The number of piperidine rings is 1. The molecule has 1 aliphatic heterocycles. The number of benzene rings is 2. The number of aromatic nitrogens is 2. The van der Waals surface area contributed by atoms with Gasteiger partial charge in [-0.15, -0.1) is 0 Å². The van der Waals surface area contributed by atoms with Crippen molar-refractivity contribution in [3.05, 3.63) is 57.4 Å². The maximum Gasteiger partial charge on any atom is 0.201 e. The van der Waals surface area contributed by atoms with Crippen molar-refractivity contribution in [3.63, 3.8) is 0 Å². The van der Waals surface area contributed by atoms with Gasteiger partial charge in [0.15, 0.2) is 0 Å². The van der Waals surface area contributed by atoms with Gasteiger partial charge < -0.3 is 10.3 Å². The molecule has 1 aromatic heterocycles. The van der Waals surface area contributed by atoms with Crippen LogP contribution in [0.5, 0.6) is 0 Å². The number of nitrogen functional groups attached to an aromatic ring is 1. The molecule has 0 radical (unpaired) electrons. The lowest BCUT2D eigenvalue weighted by Crippen LogP contribution is -2.36. The van der Waals surface area contributed by atoms with E-state index in [2.05, 4.69) is 34.1 Å². The van der Waals surface area contributed by atoms with Crippen LogP contribution in [0.2, 0.25) is 0 Å².